The van der Waals surface area contributed by atoms with Crippen molar-refractivity contribution in [3.63, 3.8) is 0 Å². The molecule has 3 nitrogen and oxygen atoms in total. The molecule has 1 aliphatic rings. The Bertz CT molecular complexity index is 392. The summed E-state index contributed by atoms with van der Waals surface area (Å²) in [6.45, 7) is 4.23. The predicted molar refractivity (Wildman–Crippen MR) is 68.1 cm³/mol. The topological polar surface area (TPSA) is 52.5 Å². The van der Waals surface area contributed by atoms with Crippen LogP contribution in [-0.2, 0) is 0 Å². The van der Waals surface area contributed by atoms with Gasteiger partial charge in [-0.15, -0.1) is 0 Å². The maximum Gasteiger partial charge on any atom is 0.120 e. The summed E-state index contributed by atoms with van der Waals surface area (Å²) in [6, 6.07) is 5.33. The highest BCUT2D eigenvalue weighted by molar-refractivity contribution is 5.40. The van der Waals surface area contributed by atoms with Crippen LogP contribution in [0.5, 0.6) is 11.5 Å². The monoisotopic (exact) mass is 235 g/mol. The van der Waals surface area contributed by atoms with Crippen LogP contribution < -0.4 is 5.32 Å². The fourth-order valence-corrected chi connectivity index (χ4v) is 2.44. The molecule has 0 radical (unpaired) electrons. The average molecular weight is 235 g/mol. The van der Waals surface area contributed by atoms with E-state index >= 15 is 0 Å². The highest BCUT2D eigenvalue weighted by Gasteiger charge is 2.36. The Labute approximate surface area is 102 Å². The SMILES string of the molecule is CCCC1CC1NC(C)c1cc(O)ccc1O. The molecule has 0 heterocycles. The molecule has 1 saturated carbocycles. The maximum absolute atomic E-state index is 9.76. The first-order valence-electron chi connectivity index (χ1n) is 6.39. The maximum atomic E-state index is 9.76. The third-order valence-corrected chi connectivity index (χ3v) is 3.52. The van der Waals surface area contributed by atoms with Crippen LogP contribution >= 0.6 is 0 Å². The van der Waals surface area contributed by atoms with E-state index in [0.29, 0.717) is 6.04 Å². The standard InChI is InChI=1S/C14H21NO2/c1-3-4-10-7-13(10)15-9(2)12-8-11(16)5-6-14(12)17/h5-6,8-10,13,15-17H,3-4,7H2,1-2H3. The molecule has 0 aromatic heterocycles. The Kier molecular flexibility index (Phi) is 3.57. The van der Waals surface area contributed by atoms with Crippen molar-refractivity contribution in [2.24, 2.45) is 5.92 Å². The van der Waals surface area contributed by atoms with Crippen molar-refractivity contribution in [1.82, 2.24) is 5.32 Å². The van der Waals surface area contributed by atoms with Crippen molar-refractivity contribution >= 4 is 0 Å². The van der Waals surface area contributed by atoms with E-state index in [4.69, 9.17) is 0 Å². The van der Waals surface area contributed by atoms with E-state index in [-0.39, 0.29) is 17.5 Å². The van der Waals surface area contributed by atoms with E-state index in [0.717, 1.165) is 11.5 Å². The van der Waals surface area contributed by atoms with Gasteiger partial charge in [-0.25, -0.2) is 0 Å². The van der Waals surface area contributed by atoms with E-state index in [9.17, 15) is 10.2 Å². The number of hydrogen-bond donors (Lipinski definition) is 3. The summed E-state index contributed by atoms with van der Waals surface area (Å²) in [4.78, 5) is 0. The van der Waals surface area contributed by atoms with Gasteiger partial charge in [-0.3, -0.25) is 0 Å². The average Bonchev–Trinajstić information content (AvgIpc) is 3.00. The molecular weight excluding hydrogens is 214 g/mol. The lowest BCUT2D eigenvalue weighted by Gasteiger charge is -2.16. The number of phenols is 2. The van der Waals surface area contributed by atoms with Gasteiger partial charge in [0.2, 0.25) is 0 Å². The van der Waals surface area contributed by atoms with Crippen LogP contribution in [0.15, 0.2) is 18.2 Å². The van der Waals surface area contributed by atoms with Crippen molar-refractivity contribution in [1.29, 1.82) is 0 Å². The van der Waals surface area contributed by atoms with E-state index in [2.05, 4.69) is 12.2 Å². The summed E-state index contributed by atoms with van der Waals surface area (Å²) in [6.07, 6.45) is 3.74. The number of nitrogens with one attached hydrogen (secondary N) is 1. The molecule has 94 valence electrons. The zero-order valence-corrected chi connectivity index (χ0v) is 10.5. The van der Waals surface area contributed by atoms with Crippen LogP contribution in [0.1, 0.15) is 44.7 Å². The molecule has 3 atom stereocenters. The van der Waals surface area contributed by atoms with Crippen molar-refractivity contribution in [3.8, 4) is 11.5 Å². The van der Waals surface area contributed by atoms with E-state index in [1.807, 2.05) is 6.92 Å². The third kappa shape index (κ3) is 2.91. The second kappa shape index (κ2) is 4.96. The van der Waals surface area contributed by atoms with Gasteiger partial charge >= 0.3 is 0 Å². The second-order valence-electron chi connectivity index (χ2n) is 5.02. The molecule has 0 bridgehead atoms. The smallest absolute Gasteiger partial charge is 0.120 e. The van der Waals surface area contributed by atoms with Gasteiger partial charge in [0, 0.05) is 17.6 Å². The summed E-state index contributed by atoms with van der Waals surface area (Å²) < 4.78 is 0. The first kappa shape index (κ1) is 12.2. The van der Waals surface area contributed by atoms with Gasteiger partial charge in [0.05, 0.1) is 0 Å². The summed E-state index contributed by atoms with van der Waals surface area (Å²) >= 11 is 0. The van der Waals surface area contributed by atoms with Gasteiger partial charge in [-0.05, 0) is 43.9 Å². The molecular formula is C14H21NO2. The van der Waals surface area contributed by atoms with Crippen molar-refractivity contribution in [2.75, 3.05) is 0 Å². The molecule has 0 amide bonds. The fourth-order valence-electron chi connectivity index (χ4n) is 2.44. The highest BCUT2D eigenvalue weighted by Crippen LogP contribution is 2.37. The largest absolute Gasteiger partial charge is 0.508 e. The summed E-state index contributed by atoms with van der Waals surface area (Å²) in [5, 5.41) is 22.7. The predicted octanol–water partition coefficient (Wildman–Crippen LogP) is 2.94. The molecule has 1 aliphatic carbocycles. The Morgan fingerprint density at radius 2 is 2.18 bits per heavy atom. The number of aromatic hydroxyl groups is 2. The Morgan fingerprint density at radius 1 is 1.41 bits per heavy atom. The van der Waals surface area contributed by atoms with Gasteiger partial charge in [0.15, 0.2) is 0 Å². The van der Waals surface area contributed by atoms with Gasteiger partial charge in [-0.2, -0.15) is 0 Å². The normalized spacial score (nSPS) is 24.6. The number of benzene rings is 1. The molecule has 0 saturated heterocycles. The fraction of sp³-hybridized carbons (Fsp3) is 0.571. The molecule has 3 heteroatoms. The summed E-state index contributed by atoms with van der Waals surface area (Å²) in [5.41, 5.74) is 0.771. The lowest BCUT2D eigenvalue weighted by atomic mass is 10.1. The van der Waals surface area contributed by atoms with Gasteiger partial charge in [0.25, 0.3) is 0 Å². The molecule has 2 rings (SSSR count). The minimum Gasteiger partial charge on any atom is -0.508 e. The molecule has 1 aromatic carbocycles. The van der Waals surface area contributed by atoms with Crippen LogP contribution in [0.25, 0.3) is 0 Å². The van der Waals surface area contributed by atoms with Crippen LogP contribution in [0.2, 0.25) is 0 Å². The Balaban J connectivity index is 1.96. The van der Waals surface area contributed by atoms with Crippen LogP contribution in [0.3, 0.4) is 0 Å². The van der Waals surface area contributed by atoms with E-state index in [1.54, 1.807) is 12.1 Å². The van der Waals surface area contributed by atoms with Crippen molar-refractivity contribution in [3.05, 3.63) is 23.8 Å². The molecule has 3 unspecified atom stereocenters. The zero-order chi connectivity index (χ0) is 12.4. The first-order valence-corrected chi connectivity index (χ1v) is 6.39. The Hall–Kier alpha value is -1.22. The van der Waals surface area contributed by atoms with Crippen molar-refractivity contribution < 1.29 is 10.2 Å². The zero-order valence-electron chi connectivity index (χ0n) is 10.5. The van der Waals surface area contributed by atoms with Gasteiger partial charge < -0.3 is 15.5 Å². The summed E-state index contributed by atoms with van der Waals surface area (Å²) in [7, 11) is 0. The van der Waals surface area contributed by atoms with Crippen LogP contribution in [-0.4, -0.2) is 16.3 Å². The molecule has 17 heavy (non-hydrogen) atoms. The number of phenolic OH excluding ortho intramolecular Hbond substituents is 2. The second-order valence-corrected chi connectivity index (χ2v) is 5.02. The van der Waals surface area contributed by atoms with Crippen LogP contribution in [0.4, 0.5) is 0 Å². The summed E-state index contributed by atoms with van der Waals surface area (Å²) in [5.74, 6) is 1.24. The third-order valence-electron chi connectivity index (χ3n) is 3.52. The quantitative estimate of drug-likeness (QED) is 0.688. The lowest BCUT2D eigenvalue weighted by molar-refractivity contribution is 0.437. The molecule has 1 aromatic rings. The molecule has 0 spiro atoms. The van der Waals surface area contributed by atoms with Gasteiger partial charge in [0.1, 0.15) is 11.5 Å². The molecule has 3 N–H and O–H groups in total. The van der Waals surface area contributed by atoms with Crippen molar-refractivity contribution in [2.45, 2.75) is 45.2 Å². The van der Waals surface area contributed by atoms with Crippen LogP contribution in [0, 0.1) is 5.92 Å². The van der Waals surface area contributed by atoms with E-state index in [1.165, 1.54) is 25.3 Å². The molecule has 1 fully saturated rings. The van der Waals surface area contributed by atoms with E-state index < -0.39 is 0 Å². The number of rotatable bonds is 5. The minimum absolute atomic E-state index is 0.0777. The van der Waals surface area contributed by atoms with Gasteiger partial charge in [-0.1, -0.05) is 13.3 Å². The minimum atomic E-state index is 0.0777. The Morgan fingerprint density at radius 3 is 2.88 bits per heavy atom. The first-order chi connectivity index (χ1) is 8.11. The number of hydrogen-bond acceptors (Lipinski definition) is 3. The molecule has 0 aliphatic heterocycles. The lowest BCUT2D eigenvalue weighted by Crippen LogP contribution is -2.22. The highest BCUT2D eigenvalue weighted by atomic mass is 16.3.